The molecule has 0 saturated heterocycles. The van der Waals surface area contributed by atoms with Crippen molar-refractivity contribution in [2.45, 2.75) is 33.7 Å². The molecular weight excluding hydrogens is 496 g/mol. The first-order chi connectivity index (χ1) is 17.6. The van der Waals surface area contributed by atoms with Crippen LogP contribution in [0, 0.1) is 38.3 Å². The van der Waals surface area contributed by atoms with E-state index in [2.05, 4.69) is 10.2 Å². The van der Waals surface area contributed by atoms with Gasteiger partial charge in [-0.2, -0.15) is 0 Å². The number of aryl methyl sites for hydroxylation is 2. The molecule has 0 amide bonds. The van der Waals surface area contributed by atoms with Crippen molar-refractivity contribution in [1.29, 1.82) is 0 Å². The molecule has 0 bridgehead atoms. The molecule has 0 aliphatic carbocycles. The minimum atomic E-state index is -0.975. The van der Waals surface area contributed by atoms with Gasteiger partial charge in [0.2, 0.25) is 0 Å². The van der Waals surface area contributed by atoms with Gasteiger partial charge in [-0.1, -0.05) is 12.1 Å². The minimum absolute atomic E-state index is 0.247. The minimum Gasteiger partial charge on any atom is -0.481 e. The van der Waals surface area contributed by atoms with Gasteiger partial charge in [-0.15, -0.1) is 21.5 Å². The van der Waals surface area contributed by atoms with Gasteiger partial charge < -0.3 is 10.0 Å². The molecule has 7 nitrogen and oxygen atoms in total. The van der Waals surface area contributed by atoms with Crippen LogP contribution in [0.4, 0.5) is 20.2 Å². The Morgan fingerprint density at radius 2 is 1.81 bits per heavy atom. The molecular formula is C27H25F2N5O2S. The summed E-state index contributed by atoms with van der Waals surface area (Å²) in [6, 6.07) is 10.1. The fourth-order valence-corrected chi connectivity index (χ4v) is 5.77. The number of carboxylic acid groups (broad SMARTS) is 1. The molecule has 1 aliphatic heterocycles. The number of rotatable bonds is 5. The largest absolute Gasteiger partial charge is 0.481 e. The Morgan fingerprint density at radius 1 is 1.11 bits per heavy atom. The van der Waals surface area contributed by atoms with Crippen LogP contribution < -0.4 is 4.90 Å². The number of aromatic nitrogens is 3. The number of hydrogen-bond donors (Lipinski definition) is 1. The van der Waals surface area contributed by atoms with E-state index in [0.29, 0.717) is 23.0 Å². The number of benzene rings is 2. The van der Waals surface area contributed by atoms with Gasteiger partial charge in [0.1, 0.15) is 28.5 Å². The summed E-state index contributed by atoms with van der Waals surface area (Å²) in [5, 5.41) is 19.3. The molecule has 1 N–H and O–H groups in total. The van der Waals surface area contributed by atoms with Crippen molar-refractivity contribution in [3.8, 4) is 5.00 Å². The summed E-state index contributed by atoms with van der Waals surface area (Å²) in [6.45, 7) is 7.53. The van der Waals surface area contributed by atoms with E-state index in [4.69, 9.17) is 4.99 Å². The zero-order chi connectivity index (χ0) is 26.6. The number of halogens is 2. The molecule has 0 spiro atoms. The molecule has 37 heavy (non-hydrogen) atoms. The molecule has 5 rings (SSSR count). The standard InChI is InChI=1S/C27H25F2N5O2S/c1-13-15(3)37-26-22(13)24(30-23(14(2)27(35)36)25-32-31-16(4)34(25)26)17-6-9-19(10-7-17)33(5)21-11-8-18(28)12-20(21)29/h6-12,14,23H,1-5H3,(H,35,36)/t14?,23-/m0/s1. The highest BCUT2D eigenvalue weighted by Crippen LogP contribution is 2.41. The van der Waals surface area contributed by atoms with Gasteiger partial charge in [-0.05, 0) is 57.5 Å². The number of aliphatic imine (C=N–C) groups is 1. The van der Waals surface area contributed by atoms with Gasteiger partial charge in [0.25, 0.3) is 0 Å². The summed E-state index contributed by atoms with van der Waals surface area (Å²) in [7, 11) is 1.71. The SMILES string of the molecule is Cc1sc2c(c1C)C(c1ccc(N(C)c3ccc(F)cc3F)cc1)=N[C@@H](C(C)C(=O)O)c1nnc(C)n1-2. The number of nitrogens with zero attached hydrogens (tertiary/aromatic N) is 5. The van der Waals surface area contributed by atoms with E-state index in [1.54, 1.807) is 30.2 Å². The van der Waals surface area contributed by atoms with Crippen LogP contribution >= 0.6 is 11.3 Å². The topological polar surface area (TPSA) is 83.6 Å². The van der Waals surface area contributed by atoms with Crippen molar-refractivity contribution in [3.63, 3.8) is 0 Å². The van der Waals surface area contributed by atoms with Crippen molar-refractivity contribution < 1.29 is 18.7 Å². The Balaban J connectivity index is 1.65. The highest BCUT2D eigenvalue weighted by Gasteiger charge is 2.36. The second kappa shape index (κ2) is 9.19. The summed E-state index contributed by atoms with van der Waals surface area (Å²) in [6.07, 6.45) is 0. The predicted molar refractivity (Wildman–Crippen MR) is 139 cm³/mol. The zero-order valence-corrected chi connectivity index (χ0v) is 21.8. The third-order valence-electron chi connectivity index (χ3n) is 6.85. The number of fused-ring (bicyclic) bond motifs is 3. The third kappa shape index (κ3) is 4.11. The molecule has 0 radical (unpaired) electrons. The fraction of sp³-hybridized carbons (Fsp3) is 0.259. The quantitative estimate of drug-likeness (QED) is 0.353. The Kier molecular flexibility index (Phi) is 6.15. The lowest BCUT2D eigenvalue weighted by Gasteiger charge is -2.21. The first-order valence-electron chi connectivity index (χ1n) is 11.7. The number of carboxylic acids is 1. The highest BCUT2D eigenvalue weighted by molar-refractivity contribution is 7.15. The van der Waals surface area contributed by atoms with Crippen molar-refractivity contribution >= 4 is 34.4 Å². The Bertz CT molecular complexity index is 1560. The van der Waals surface area contributed by atoms with Crippen LogP contribution in [0.2, 0.25) is 0 Å². The van der Waals surface area contributed by atoms with E-state index < -0.39 is 29.6 Å². The predicted octanol–water partition coefficient (Wildman–Crippen LogP) is 5.91. The Morgan fingerprint density at radius 3 is 2.46 bits per heavy atom. The number of thiophene rings is 1. The Labute approximate surface area is 216 Å². The van der Waals surface area contributed by atoms with Crippen LogP contribution in [-0.4, -0.2) is 38.6 Å². The van der Waals surface area contributed by atoms with Crippen molar-refractivity contribution in [2.75, 3.05) is 11.9 Å². The molecule has 2 aromatic carbocycles. The van der Waals surface area contributed by atoms with E-state index in [9.17, 15) is 18.7 Å². The molecule has 4 aromatic rings. The van der Waals surface area contributed by atoms with Crippen LogP contribution in [0.15, 0.2) is 47.5 Å². The second-order valence-electron chi connectivity index (χ2n) is 9.16. The van der Waals surface area contributed by atoms with Crippen molar-refractivity contribution in [1.82, 2.24) is 14.8 Å². The average Bonchev–Trinajstić information content (AvgIpc) is 3.33. The molecule has 1 aliphatic rings. The van der Waals surface area contributed by atoms with Gasteiger partial charge in [0, 0.05) is 34.8 Å². The van der Waals surface area contributed by atoms with Crippen LogP contribution in [0.1, 0.15) is 46.2 Å². The van der Waals surface area contributed by atoms with E-state index in [-0.39, 0.29) is 5.69 Å². The lowest BCUT2D eigenvalue weighted by Crippen LogP contribution is -2.21. The average molecular weight is 522 g/mol. The van der Waals surface area contributed by atoms with Gasteiger partial charge in [-0.3, -0.25) is 14.4 Å². The van der Waals surface area contributed by atoms with Gasteiger partial charge in [-0.25, -0.2) is 8.78 Å². The molecule has 1 unspecified atom stereocenters. The van der Waals surface area contributed by atoms with E-state index >= 15 is 0 Å². The molecule has 10 heteroatoms. The number of carbonyl (C=O) groups is 1. The maximum Gasteiger partial charge on any atom is 0.308 e. The zero-order valence-electron chi connectivity index (χ0n) is 21.0. The van der Waals surface area contributed by atoms with E-state index in [1.165, 1.54) is 12.1 Å². The lowest BCUT2D eigenvalue weighted by atomic mass is 9.98. The van der Waals surface area contributed by atoms with Gasteiger partial charge >= 0.3 is 5.97 Å². The van der Waals surface area contributed by atoms with Crippen LogP contribution in [0.5, 0.6) is 0 Å². The molecule has 190 valence electrons. The maximum atomic E-state index is 14.4. The van der Waals surface area contributed by atoms with Crippen LogP contribution in [0.3, 0.4) is 0 Å². The van der Waals surface area contributed by atoms with E-state index in [1.807, 2.05) is 49.6 Å². The molecule has 2 atom stereocenters. The highest BCUT2D eigenvalue weighted by atomic mass is 32.1. The summed E-state index contributed by atoms with van der Waals surface area (Å²) < 4.78 is 29.7. The number of anilines is 2. The third-order valence-corrected chi connectivity index (χ3v) is 8.04. The number of aliphatic carboxylic acids is 1. The number of hydrogen-bond acceptors (Lipinski definition) is 6. The second-order valence-corrected chi connectivity index (χ2v) is 10.4. The molecule has 0 saturated carbocycles. The summed E-state index contributed by atoms with van der Waals surface area (Å²) in [4.78, 5) is 19.8. The maximum absolute atomic E-state index is 14.4. The molecule has 2 aromatic heterocycles. The first kappa shape index (κ1) is 24.8. The van der Waals surface area contributed by atoms with Crippen molar-refractivity contribution in [3.05, 3.63) is 87.3 Å². The van der Waals surface area contributed by atoms with Gasteiger partial charge in [0.15, 0.2) is 5.82 Å². The molecule has 0 fully saturated rings. The van der Waals surface area contributed by atoms with Crippen LogP contribution in [-0.2, 0) is 4.79 Å². The summed E-state index contributed by atoms with van der Waals surface area (Å²) in [5.74, 6) is -1.94. The van der Waals surface area contributed by atoms with Gasteiger partial charge in [0.05, 0.1) is 17.3 Å². The van der Waals surface area contributed by atoms with Crippen molar-refractivity contribution in [2.24, 2.45) is 10.9 Å². The Hall–Kier alpha value is -3.92. The summed E-state index contributed by atoms with van der Waals surface area (Å²) >= 11 is 1.59. The molecule has 3 heterocycles. The normalized spacial score (nSPS) is 15.4. The lowest BCUT2D eigenvalue weighted by molar-refractivity contribution is -0.141. The first-order valence-corrected chi connectivity index (χ1v) is 12.5. The summed E-state index contributed by atoms with van der Waals surface area (Å²) in [5.41, 5.74) is 4.37. The monoisotopic (exact) mass is 521 g/mol. The smallest absolute Gasteiger partial charge is 0.308 e. The fourth-order valence-electron chi connectivity index (χ4n) is 4.55. The van der Waals surface area contributed by atoms with Crippen LogP contribution in [0.25, 0.3) is 5.00 Å². The van der Waals surface area contributed by atoms with E-state index in [0.717, 1.165) is 32.6 Å².